The Morgan fingerprint density at radius 3 is 2.06 bits per heavy atom. The first-order chi connectivity index (χ1) is 7.73. The lowest BCUT2D eigenvalue weighted by atomic mass is 9.92. The van der Waals surface area contributed by atoms with Gasteiger partial charge in [0.2, 0.25) is 0 Å². The molecule has 1 amide bonds. The first-order valence-corrected chi connectivity index (χ1v) is 4.96. The van der Waals surface area contributed by atoms with Crippen molar-refractivity contribution in [3.63, 3.8) is 0 Å². The van der Waals surface area contributed by atoms with E-state index in [1.165, 1.54) is 0 Å². The summed E-state index contributed by atoms with van der Waals surface area (Å²) < 4.78 is 49.2. The van der Waals surface area contributed by atoms with Crippen LogP contribution in [-0.2, 0) is 9.59 Å². The van der Waals surface area contributed by atoms with E-state index >= 15 is 0 Å². The maximum atomic E-state index is 13.0. The molecule has 0 aromatic rings. The third-order valence-corrected chi connectivity index (χ3v) is 2.72. The zero-order valence-corrected chi connectivity index (χ0v) is 8.71. The average Bonchev–Trinajstić information content (AvgIpc) is 2.26. The summed E-state index contributed by atoms with van der Waals surface area (Å²) in [6.07, 6.45) is -7.17. The number of likely N-dealkylation sites (tertiary alicyclic amines) is 1. The molecule has 0 aromatic carbocycles. The average molecular weight is 257 g/mol. The standard InChI is InChI=1S/C9H11F4NO3/c10-6(7(15)16)5-1-3-14(4-2-5)8(17)9(11,12)13/h5-6H,1-4H2,(H,15,16). The molecule has 1 aliphatic rings. The number of carboxylic acids is 1. The Morgan fingerprint density at radius 2 is 1.71 bits per heavy atom. The van der Waals surface area contributed by atoms with Crippen LogP contribution >= 0.6 is 0 Å². The van der Waals surface area contributed by atoms with Gasteiger partial charge >= 0.3 is 18.1 Å². The van der Waals surface area contributed by atoms with Gasteiger partial charge in [0.05, 0.1) is 0 Å². The van der Waals surface area contributed by atoms with Gasteiger partial charge in [0.25, 0.3) is 0 Å². The van der Waals surface area contributed by atoms with Crippen molar-refractivity contribution in [1.29, 1.82) is 0 Å². The van der Waals surface area contributed by atoms with Gasteiger partial charge < -0.3 is 10.0 Å². The molecule has 1 heterocycles. The number of rotatable bonds is 2. The van der Waals surface area contributed by atoms with Crippen molar-refractivity contribution >= 4 is 11.9 Å². The largest absolute Gasteiger partial charge is 0.479 e. The Labute approximate surface area is 94.2 Å². The van der Waals surface area contributed by atoms with Gasteiger partial charge in [-0.25, -0.2) is 9.18 Å². The molecule has 1 rings (SSSR count). The van der Waals surface area contributed by atoms with Crippen molar-refractivity contribution < 1.29 is 32.3 Å². The molecule has 1 N–H and O–H groups in total. The molecule has 0 bridgehead atoms. The second kappa shape index (κ2) is 4.89. The SMILES string of the molecule is O=C(O)C(F)C1CCN(C(=O)C(F)(F)F)CC1. The van der Waals surface area contributed by atoms with Gasteiger partial charge in [0, 0.05) is 19.0 Å². The predicted molar refractivity (Wildman–Crippen MR) is 47.9 cm³/mol. The summed E-state index contributed by atoms with van der Waals surface area (Å²) in [4.78, 5) is 21.7. The number of halogens is 4. The summed E-state index contributed by atoms with van der Waals surface area (Å²) in [5.41, 5.74) is 0. The number of nitrogens with zero attached hydrogens (tertiary/aromatic N) is 1. The van der Waals surface area contributed by atoms with Crippen LogP contribution in [0, 0.1) is 5.92 Å². The van der Waals surface area contributed by atoms with Crippen molar-refractivity contribution in [3.05, 3.63) is 0 Å². The molecule has 4 nitrogen and oxygen atoms in total. The molecule has 17 heavy (non-hydrogen) atoms. The van der Waals surface area contributed by atoms with E-state index in [4.69, 9.17) is 5.11 Å². The van der Waals surface area contributed by atoms with Crippen molar-refractivity contribution in [2.75, 3.05) is 13.1 Å². The minimum atomic E-state index is -4.94. The van der Waals surface area contributed by atoms with Crippen molar-refractivity contribution in [1.82, 2.24) is 4.90 Å². The third kappa shape index (κ3) is 3.31. The molecule has 0 radical (unpaired) electrons. The Morgan fingerprint density at radius 1 is 1.24 bits per heavy atom. The second-order valence-electron chi connectivity index (χ2n) is 3.87. The van der Waals surface area contributed by atoms with Crippen molar-refractivity contribution in [2.24, 2.45) is 5.92 Å². The normalized spacial score (nSPS) is 20.1. The lowest BCUT2D eigenvalue weighted by Gasteiger charge is -2.32. The van der Waals surface area contributed by atoms with Gasteiger partial charge in [0.1, 0.15) is 0 Å². The smallest absolute Gasteiger partial charge is 0.471 e. The molecule has 1 atom stereocenters. The molecule has 1 aliphatic heterocycles. The quantitative estimate of drug-likeness (QED) is 0.756. The monoisotopic (exact) mass is 257 g/mol. The van der Waals surface area contributed by atoms with E-state index in [0.29, 0.717) is 4.90 Å². The Bertz CT molecular complexity index is 310. The number of piperidine rings is 1. The molecule has 0 spiro atoms. The molecular formula is C9H11F4NO3. The van der Waals surface area contributed by atoms with Crippen LogP contribution < -0.4 is 0 Å². The van der Waals surface area contributed by atoms with Gasteiger partial charge in [-0.15, -0.1) is 0 Å². The summed E-state index contributed by atoms with van der Waals surface area (Å²) >= 11 is 0. The van der Waals surface area contributed by atoms with Crippen LogP contribution in [0.4, 0.5) is 17.6 Å². The van der Waals surface area contributed by atoms with Gasteiger partial charge in [-0.2, -0.15) is 13.2 Å². The molecule has 1 saturated heterocycles. The fourth-order valence-electron chi connectivity index (χ4n) is 1.78. The van der Waals surface area contributed by atoms with Crippen LogP contribution in [0.25, 0.3) is 0 Å². The highest BCUT2D eigenvalue weighted by Gasteiger charge is 2.44. The van der Waals surface area contributed by atoms with E-state index in [1.807, 2.05) is 0 Å². The van der Waals surface area contributed by atoms with E-state index in [9.17, 15) is 27.2 Å². The molecule has 98 valence electrons. The zero-order chi connectivity index (χ0) is 13.2. The maximum Gasteiger partial charge on any atom is 0.471 e. The highest BCUT2D eigenvalue weighted by molar-refractivity contribution is 5.82. The summed E-state index contributed by atoms with van der Waals surface area (Å²) in [5, 5.41) is 8.40. The first kappa shape index (κ1) is 13.7. The molecule has 1 fully saturated rings. The van der Waals surface area contributed by atoms with E-state index in [1.54, 1.807) is 0 Å². The fraction of sp³-hybridized carbons (Fsp3) is 0.778. The highest BCUT2D eigenvalue weighted by atomic mass is 19.4. The lowest BCUT2D eigenvalue weighted by Crippen LogP contribution is -2.47. The van der Waals surface area contributed by atoms with Gasteiger partial charge in [-0.1, -0.05) is 0 Å². The Kier molecular flexibility index (Phi) is 3.94. The topological polar surface area (TPSA) is 57.6 Å². The predicted octanol–water partition coefficient (Wildman–Crippen LogP) is 1.21. The Balaban J connectivity index is 2.52. The van der Waals surface area contributed by atoms with E-state index in [-0.39, 0.29) is 25.9 Å². The number of hydrogen-bond donors (Lipinski definition) is 1. The number of carbonyl (C=O) groups is 2. The maximum absolute atomic E-state index is 13.0. The van der Waals surface area contributed by atoms with Crippen LogP contribution in [0.15, 0.2) is 0 Å². The molecule has 8 heteroatoms. The van der Waals surface area contributed by atoms with Crippen LogP contribution in [0.1, 0.15) is 12.8 Å². The molecule has 0 aromatic heterocycles. The number of carboxylic acid groups (broad SMARTS) is 1. The fourth-order valence-corrected chi connectivity index (χ4v) is 1.78. The highest BCUT2D eigenvalue weighted by Crippen LogP contribution is 2.26. The summed E-state index contributed by atoms with van der Waals surface area (Å²) in [6, 6.07) is 0. The Hall–Kier alpha value is -1.34. The zero-order valence-electron chi connectivity index (χ0n) is 8.71. The summed E-state index contributed by atoms with van der Waals surface area (Å²) in [7, 11) is 0. The van der Waals surface area contributed by atoms with Gasteiger partial charge in [-0.05, 0) is 12.8 Å². The second-order valence-corrected chi connectivity index (χ2v) is 3.87. The van der Waals surface area contributed by atoms with Crippen LogP contribution in [0.2, 0.25) is 0 Å². The molecule has 1 unspecified atom stereocenters. The number of alkyl halides is 4. The van der Waals surface area contributed by atoms with Crippen LogP contribution in [0.5, 0.6) is 0 Å². The minimum Gasteiger partial charge on any atom is -0.479 e. The van der Waals surface area contributed by atoms with E-state index in [2.05, 4.69) is 0 Å². The van der Waals surface area contributed by atoms with Crippen molar-refractivity contribution in [3.8, 4) is 0 Å². The summed E-state index contributed by atoms with van der Waals surface area (Å²) in [6.45, 7) is -0.534. The lowest BCUT2D eigenvalue weighted by molar-refractivity contribution is -0.187. The molecular weight excluding hydrogens is 246 g/mol. The number of aliphatic carboxylic acids is 1. The van der Waals surface area contributed by atoms with Gasteiger partial charge in [0.15, 0.2) is 6.17 Å². The minimum absolute atomic E-state index is 0.0741. The van der Waals surface area contributed by atoms with Crippen molar-refractivity contribution in [2.45, 2.75) is 25.2 Å². The number of hydrogen-bond acceptors (Lipinski definition) is 2. The van der Waals surface area contributed by atoms with Gasteiger partial charge in [-0.3, -0.25) is 4.79 Å². The third-order valence-electron chi connectivity index (χ3n) is 2.72. The van der Waals surface area contributed by atoms with E-state index in [0.717, 1.165) is 0 Å². The molecule has 0 aliphatic carbocycles. The molecule has 0 saturated carbocycles. The van der Waals surface area contributed by atoms with Crippen LogP contribution in [-0.4, -0.2) is 47.3 Å². The number of carbonyl (C=O) groups excluding carboxylic acids is 1. The number of amides is 1. The summed E-state index contributed by atoms with van der Waals surface area (Å²) in [5.74, 6) is -4.41. The van der Waals surface area contributed by atoms with E-state index < -0.39 is 30.1 Å². The van der Waals surface area contributed by atoms with Crippen LogP contribution in [0.3, 0.4) is 0 Å². The first-order valence-electron chi connectivity index (χ1n) is 4.96.